The van der Waals surface area contributed by atoms with Gasteiger partial charge in [0, 0.05) is 16.7 Å². The Morgan fingerprint density at radius 1 is 0.257 bits per heavy atom. The zero-order valence-corrected chi connectivity index (χ0v) is 37.7. The second-order valence-electron chi connectivity index (χ2n) is 18.2. The minimum absolute atomic E-state index is 0.583. The Morgan fingerprint density at radius 2 is 0.700 bits per heavy atom. The van der Waals surface area contributed by atoms with Crippen LogP contribution in [0, 0.1) is 6.57 Å². The summed E-state index contributed by atoms with van der Waals surface area (Å²) in [5.74, 6) is 1.83. The lowest BCUT2D eigenvalue weighted by Gasteiger charge is -2.15. The molecule has 0 N–H and O–H groups in total. The third kappa shape index (κ3) is 6.34. The topological polar surface area (TPSA) is 43.0 Å². The number of hydrogen-bond donors (Lipinski definition) is 0. The van der Waals surface area contributed by atoms with E-state index in [4.69, 9.17) is 21.5 Å². The summed E-state index contributed by atoms with van der Waals surface area (Å²) in [5, 5.41) is 5.10. The first kappa shape index (κ1) is 39.6. The van der Waals surface area contributed by atoms with Crippen molar-refractivity contribution in [2.24, 2.45) is 0 Å². The van der Waals surface area contributed by atoms with E-state index in [9.17, 15) is 0 Å². The van der Waals surface area contributed by atoms with Crippen LogP contribution in [0.1, 0.15) is 0 Å². The summed E-state index contributed by atoms with van der Waals surface area (Å²) >= 11 is 0. The molecule has 0 saturated heterocycles. The smallest absolute Gasteiger partial charge is 0.188 e. The van der Waals surface area contributed by atoms with Gasteiger partial charge < -0.3 is 0 Å². The second kappa shape index (κ2) is 15.8. The summed E-state index contributed by atoms with van der Waals surface area (Å²) in [6.07, 6.45) is 0. The molecule has 0 aliphatic heterocycles. The van der Waals surface area contributed by atoms with Crippen LogP contribution in [0.2, 0.25) is 0 Å². The Labute approximate surface area is 405 Å². The van der Waals surface area contributed by atoms with E-state index < -0.39 is 0 Å². The highest BCUT2D eigenvalue weighted by Crippen LogP contribution is 2.51. The normalized spacial score (nSPS) is 11.7. The molecule has 4 heteroatoms. The highest BCUT2D eigenvalue weighted by molar-refractivity contribution is 6.19. The zero-order chi connectivity index (χ0) is 46.3. The van der Waals surface area contributed by atoms with Gasteiger partial charge in [-0.05, 0) is 141 Å². The first-order valence-corrected chi connectivity index (χ1v) is 23.6. The molecule has 1 heterocycles. The van der Waals surface area contributed by atoms with E-state index in [0.29, 0.717) is 23.2 Å². The summed E-state index contributed by atoms with van der Waals surface area (Å²) in [4.78, 5) is 19.2. The maximum atomic E-state index is 8.14. The van der Waals surface area contributed by atoms with Gasteiger partial charge >= 0.3 is 0 Å². The summed E-state index contributed by atoms with van der Waals surface area (Å²) in [5.41, 5.74) is 22.1. The lowest BCUT2D eigenvalue weighted by molar-refractivity contribution is 1.07. The lowest BCUT2D eigenvalue weighted by atomic mass is 9.88. The number of hydrogen-bond acceptors (Lipinski definition) is 3. The van der Waals surface area contributed by atoms with Crippen LogP contribution < -0.4 is 0 Å². The SMILES string of the molecule is [C-]#[N+]c1cc(-c2ccc(-c3nc(-c4ccccc4)nc(-c4ccc5c(c4)-c4cccc6cccc-5c46)n3)cc2)cc(-c2cccc(-c3ccccc3-c3ccc4c5c(cccc35)-c3ccccc3-4)c2)c1. The van der Waals surface area contributed by atoms with Crippen LogP contribution in [0.4, 0.5) is 5.69 Å². The van der Waals surface area contributed by atoms with Crippen LogP contribution >= 0.6 is 0 Å². The molecular weight excluding hydrogens is 849 g/mol. The van der Waals surface area contributed by atoms with Crippen LogP contribution in [0.3, 0.4) is 0 Å². The number of aromatic nitrogens is 3. The van der Waals surface area contributed by atoms with Crippen molar-refractivity contribution in [3.8, 4) is 123 Å². The van der Waals surface area contributed by atoms with E-state index in [1.165, 1.54) is 77.2 Å². The van der Waals surface area contributed by atoms with E-state index in [1.54, 1.807) is 0 Å². The van der Waals surface area contributed by atoms with Gasteiger partial charge in [-0.25, -0.2) is 19.8 Å². The molecule has 0 spiro atoms. The summed E-state index contributed by atoms with van der Waals surface area (Å²) in [7, 11) is 0. The van der Waals surface area contributed by atoms with Crippen LogP contribution in [0.5, 0.6) is 0 Å². The largest absolute Gasteiger partial charge is 0.238 e. The predicted octanol–water partition coefficient (Wildman–Crippen LogP) is 17.7. The summed E-state index contributed by atoms with van der Waals surface area (Å²) in [6, 6.07) is 81.6. The van der Waals surface area contributed by atoms with Crippen molar-refractivity contribution >= 4 is 27.2 Å². The van der Waals surface area contributed by atoms with Gasteiger partial charge in [0.1, 0.15) is 0 Å². The van der Waals surface area contributed by atoms with Crippen molar-refractivity contribution in [3.05, 3.63) is 242 Å². The van der Waals surface area contributed by atoms with Crippen molar-refractivity contribution in [2.45, 2.75) is 0 Å². The lowest BCUT2D eigenvalue weighted by Crippen LogP contribution is -2.00. The van der Waals surface area contributed by atoms with Gasteiger partial charge in [-0.3, -0.25) is 0 Å². The molecule has 0 fully saturated rings. The summed E-state index contributed by atoms with van der Waals surface area (Å²) < 4.78 is 0. The molecule has 11 aromatic carbocycles. The Morgan fingerprint density at radius 3 is 1.41 bits per heavy atom. The molecular formula is C66H38N4. The predicted molar refractivity (Wildman–Crippen MR) is 288 cm³/mol. The number of nitrogens with zero attached hydrogens (tertiary/aromatic N) is 4. The van der Waals surface area contributed by atoms with Gasteiger partial charge in [-0.15, -0.1) is 0 Å². The van der Waals surface area contributed by atoms with Crippen molar-refractivity contribution in [3.63, 3.8) is 0 Å². The molecule has 14 rings (SSSR count). The zero-order valence-electron chi connectivity index (χ0n) is 37.7. The molecule has 12 aromatic rings. The fourth-order valence-electron chi connectivity index (χ4n) is 11.0. The van der Waals surface area contributed by atoms with Crippen molar-refractivity contribution in [1.29, 1.82) is 0 Å². The molecule has 1 aromatic heterocycles. The molecule has 2 aliphatic carbocycles. The van der Waals surface area contributed by atoms with Gasteiger partial charge in [0.25, 0.3) is 0 Å². The van der Waals surface area contributed by atoms with E-state index >= 15 is 0 Å². The Hall–Kier alpha value is -9.56. The van der Waals surface area contributed by atoms with Crippen molar-refractivity contribution in [1.82, 2.24) is 15.0 Å². The third-order valence-corrected chi connectivity index (χ3v) is 14.2. The molecule has 4 nitrogen and oxygen atoms in total. The highest BCUT2D eigenvalue weighted by Gasteiger charge is 2.25. The molecule has 0 bridgehead atoms. The van der Waals surface area contributed by atoms with Gasteiger partial charge in [0.05, 0.1) is 6.57 Å². The fraction of sp³-hybridized carbons (Fsp3) is 0. The number of fused-ring (bicyclic) bond motifs is 6. The van der Waals surface area contributed by atoms with Gasteiger partial charge in [0.2, 0.25) is 0 Å². The molecule has 322 valence electrons. The van der Waals surface area contributed by atoms with Crippen molar-refractivity contribution < 1.29 is 0 Å². The van der Waals surface area contributed by atoms with E-state index in [1.807, 2.05) is 42.5 Å². The van der Waals surface area contributed by atoms with Gasteiger partial charge in [-0.1, -0.05) is 200 Å². The molecule has 0 radical (unpaired) electrons. The first-order chi connectivity index (χ1) is 34.6. The fourth-order valence-corrected chi connectivity index (χ4v) is 11.0. The Balaban J connectivity index is 0.812. The molecule has 0 unspecified atom stereocenters. The molecule has 0 saturated carbocycles. The molecule has 70 heavy (non-hydrogen) atoms. The van der Waals surface area contributed by atoms with E-state index in [2.05, 4.69) is 193 Å². The second-order valence-corrected chi connectivity index (χ2v) is 18.2. The van der Waals surface area contributed by atoms with Crippen LogP contribution in [0.25, 0.3) is 150 Å². The van der Waals surface area contributed by atoms with E-state index in [0.717, 1.165) is 50.1 Å². The number of benzene rings is 11. The van der Waals surface area contributed by atoms with Crippen molar-refractivity contribution in [2.75, 3.05) is 0 Å². The van der Waals surface area contributed by atoms with Gasteiger partial charge in [-0.2, -0.15) is 0 Å². The monoisotopic (exact) mass is 886 g/mol. The average Bonchev–Trinajstić information content (AvgIpc) is 3.94. The first-order valence-electron chi connectivity index (χ1n) is 23.6. The van der Waals surface area contributed by atoms with Crippen LogP contribution in [-0.4, -0.2) is 15.0 Å². The maximum Gasteiger partial charge on any atom is 0.188 e. The standard InChI is InChI=1S/C66H38N4/c1-67-49-37-47(36-48(38-49)44-17-9-18-45(35-44)50-19-5-6-20-51(50)54-33-34-60-53-22-8-7-21-52(53)57-25-12-26-58(54)63(57)60)40-27-29-43(30-28-40)65-68-64(42-13-3-2-4-14-42)69-66(70-65)46-31-32-55-56-23-10-15-41-16-11-24-59(62(41)56)61(55)39-46/h2-39H. The molecule has 0 amide bonds. The Kier molecular flexibility index (Phi) is 8.92. The number of rotatable bonds is 7. The van der Waals surface area contributed by atoms with E-state index in [-0.39, 0.29) is 0 Å². The van der Waals surface area contributed by atoms with Crippen LogP contribution in [0.15, 0.2) is 231 Å². The third-order valence-electron chi connectivity index (χ3n) is 14.2. The minimum atomic E-state index is 0.583. The van der Waals surface area contributed by atoms with Gasteiger partial charge in [0.15, 0.2) is 23.2 Å². The van der Waals surface area contributed by atoms with Crippen LogP contribution in [-0.2, 0) is 0 Å². The Bertz CT molecular complexity index is 4150. The maximum absolute atomic E-state index is 8.14. The average molecular weight is 887 g/mol. The summed E-state index contributed by atoms with van der Waals surface area (Å²) in [6.45, 7) is 8.14. The molecule has 0 atom stereocenters. The highest BCUT2D eigenvalue weighted by atomic mass is 15.0. The minimum Gasteiger partial charge on any atom is -0.238 e. The quantitative estimate of drug-likeness (QED) is 0.150. The molecule has 2 aliphatic rings.